The van der Waals surface area contributed by atoms with Crippen LogP contribution in [0.5, 0.6) is 0 Å². The predicted octanol–water partition coefficient (Wildman–Crippen LogP) is 3.53. The Labute approximate surface area is 127 Å². The molecule has 1 aromatic rings. The lowest BCUT2D eigenvalue weighted by atomic mass is 9.86. The zero-order valence-electron chi connectivity index (χ0n) is 12.9. The first-order valence-electron chi connectivity index (χ1n) is 8.26. The predicted molar refractivity (Wildman–Crippen MR) is 82.1 cm³/mol. The number of hydrogen-bond donors (Lipinski definition) is 1. The summed E-state index contributed by atoms with van der Waals surface area (Å²) in [5.41, 5.74) is 1.65. The van der Waals surface area contributed by atoms with Crippen molar-refractivity contribution < 1.29 is 14.6 Å². The molecule has 116 valence electrons. The number of rotatable bonds is 3. The van der Waals surface area contributed by atoms with Crippen LogP contribution in [-0.2, 0) is 21.5 Å². The average molecular weight is 290 g/mol. The van der Waals surface area contributed by atoms with Crippen molar-refractivity contribution in [1.82, 2.24) is 0 Å². The van der Waals surface area contributed by atoms with Gasteiger partial charge in [-0.15, -0.1) is 0 Å². The van der Waals surface area contributed by atoms with E-state index < -0.39 is 11.4 Å². The lowest BCUT2D eigenvalue weighted by molar-refractivity contribution is -0.168. The smallest absolute Gasteiger partial charge is 0.168 e. The third-order valence-corrected chi connectivity index (χ3v) is 4.91. The van der Waals surface area contributed by atoms with Crippen LogP contribution in [-0.4, -0.2) is 24.1 Å². The Balaban J connectivity index is 1.74. The van der Waals surface area contributed by atoms with Crippen LogP contribution in [0.1, 0.15) is 56.6 Å². The van der Waals surface area contributed by atoms with E-state index in [1.54, 1.807) is 0 Å². The van der Waals surface area contributed by atoms with Crippen LogP contribution < -0.4 is 0 Å². The summed E-state index contributed by atoms with van der Waals surface area (Å²) in [6.45, 7) is 3.56. The summed E-state index contributed by atoms with van der Waals surface area (Å²) in [5.74, 6) is -0.424. The maximum Gasteiger partial charge on any atom is 0.168 e. The van der Waals surface area contributed by atoms with E-state index in [9.17, 15) is 5.11 Å². The van der Waals surface area contributed by atoms with Crippen LogP contribution in [0.25, 0.3) is 0 Å². The van der Waals surface area contributed by atoms with Crippen molar-refractivity contribution in [2.45, 2.75) is 63.3 Å². The monoisotopic (exact) mass is 290 g/mol. The maximum atomic E-state index is 11.1. The van der Waals surface area contributed by atoms with Gasteiger partial charge < -0.3 is 14.6 Å². The molecule has 1 spiro atoms. The van der Waals surface area contributed by atoms with Crippen LogP contribution in [0.4, 0.5) is 0 Å². The molecule has 1 saturated heterocycles. The number of aryl methyl sites for hydroxylation is 1. The highest BCUT2D eigenvalue weighted by Crippen LogP contribution is 2.42. The van der Waals surface area contributed by atoms with Gasteiger partial charge in [-0.25, -0.2) is 0 Å². The van der Waals surface area contributed by atoms with Gasteiger partial charge in [-0.1, -0.05) is 37.6 Å². The molecule has 1 N–H and O–H groups in total. The van der Waals surface area contributed by atoms with Gasteiger partial charge in [-0.3, -0.25) is 0 Å². The molecule has 1 aliphatic carbocycles. The molecule has 21 heavy (non-hydrogen) atoms. The van der Waals surface area contributed by atoms with Crippen LogP contribution in [0, 0.1) is 0 Å². The summed E-state index contributed by atoms with van der Waals surface area (Å²) in [4.78, 5) is 0. The molecule has 1 aromatic carbocycles. The molecule has 0 amide bonds. The zero-order chi connectivity index (χ0) is 14.8. The molecular formula is C18H26O3. The third-order valence-electron chi connectivity index (χ3n) is 4.91. The van der Waals surface area contributed by atoms with E-state index in [1.165, 1.54) is 5.56 Å². The van der Waals surface area contributed by atoms with E-state index in [0.717, 1.165) is 44.1 Å². The highest BCUT2D eigenvalue weighted by atomic mass is 16.7. The molecule has 1 aliphatic heterocycles. The first-order valence-corrected chi connectivity index (χ1v) is 8.26. The van der Waals surface area contributed by atoms with Crippen molar-refractivity contribution in [3.8, 4) is 0 Å². The lowest BCUT2D eigenvalue weighted by Crippen LogP contribution is -2.31. The van der Waals surface area contributed by atoms with E-state index in [1.807, 2.05) is 0 Å². The van der Waals surface area contributed by atoms with Crippen LogP contribution in [0.2, 0.25) is 0 Å². The van der Waals surface area contributed by atoms with Gasteiger partial charge in [0, 0.05) is 12.8 Å². The van der Waals surface area contributed by atoms with Gasteiger partial charge in [0.15, 0.2) is 5.79 Å². The molecule has 1 unspecified atom stereocenters. The molecule has 2 fully saturated rings. The Morgan fingerprint density at radius 2 is 1.71 bits per heavy atom. The van der Waals surface area contributed by atoms with E-state index in [0.29, 0.717) is 19.6 Å². The van der Waals surface area contributed by atoms with Crippen LogP contribution >= 0.6 is 0 Å². The second-order valence-corrected chi connectivity index (χ2v) is 6.44. The first-order chi connectivity index (χ1) is 10.2. The standard InChI is InChI=1S/C18H26O3/c1-2-4-15-5-7-16(8-6-15)17(19)9-3-10-18(12-11-17)20-13-14-21-18/h5-8,19H,2-4,9-14H2,1H3. The summed E-state index contributed by atoms with van der Waals surface area (Å²) in [6.07, 6.45) is 6.36. The summed E-state index contributed by atoms with van der Waals surface area (Å²) >= 11 is 0. The Morgan fingerprint density at radius 1 is 1.00 bits per heavy atom. The molecule has 3 heteroatoms. The minimum absolute atomic E-state index is 0.424. The van der Waals surface area contributed by atoms with E-state index in [-0.39, 0.29) is 0 Å². The number of benzene rings is 1. The molecule has 3 nitrogen and oxygen atoms in total. The minimum atomic E-state index is -0.733. The van der Waals surface area contributed by atoms with Crippen LogP contribution in [0.15, 0.2) is 24.3 Å². The second kappa shape index (κ2) is 6.07. The topological polar surface area (TPSA) is 38.7 Å². The molecule has 0 radical (unpaired) electrons. The van der Waals surface area contributed by atoms with Gasteiger partial charge in [0.05, 0.1) is 18.8 Å². The average Bonchev–Trinajstić information content (AvgIpc) is 2.88. The second-order valence-electron chi connectivity index (χ2n) is 6.44. The molecule has 0 aromatic heterocycles. The number of ether oxygens (including phenoxy) is 2. The van der Waals surface area contributed by atoms with Gasteiger partial charge >= 0.3 is 0 Å². The van der Waals surface area contributed by atoms with E-state index >= 15 is 0 Å². The molecule has 0 bridgehead atoms. The Kier molecular flexibility index (Phi) is 4.34. The van der Waals surface area contributed by atoms with Gasteiger partial charge in [0.1, 0.15) is 0 Å². The van der Waals surface area contributed by atoms with Crippen molar-refractivity contribution >= 4 is 0 Å². The summed E-state index contributed by atoms with van der Waals surface area (Å²) in [7, 11) is 0. The quantitative estimate of drug-likeness (QED) is 0.925. The van der Waals surface area contributed by atoms with Crippen LogP contribution in [0.3, 0.4) is 0 Å². The summed E-state index contributed by atoms with van der Waals surface area (Å²) in [5, 5.41) is 11.1. The van der Waals surface area contributed by atoms with Crippen molar-refractivity contribution in [3.63, 3.8) is 0 Å². The number of hydrogen-bond acceptors (Lipinski definition) is 3. The Hall–Kier alpha value is -0.900. The maximum absolute atomic E-state index is 11.1. The first kappa shape index (κ1) is 15.0. The highest BCUT2D eigenvalue weighted by Gasteiger charge is 2.43. The molecule has 3 rings (SSSR count). The highest BCUT2D eigenvalue weighted by molar-refractivity contribution is 5.27. The van der Waals surface area contributed by atoms with Crippen molar-refractivity contribution in [3.05, 3.63) is 35.4 Å². The molecule has 1 saturated carbocycles. The fourth-order valence-corrected chi connectivity index (χ4v) is 3.64. The third kappa shape index (κ3) is 3.15. The van der Waals surface area contributed by atoms with E-state index in [4.69, 9.17) is 9.47 Å². The summed E-state index contributed by atoms with van der Waals surface area (Å²) in [6, 6.07) is 8.50. The van der Waals surface area contributed by atoms with Crippen molar-refractivity contribution in [2.75, 3.05) is 13.2 Å². The van der Waals surface area contributed by atoms with Gasteiger partial charge in [0.25, 0.3) is 0 Å². The SMILES string of the molecule is CCCc1ccc(C2(O)CCCC3(CC2)OCCO3)cc1. The molecule has 1 heterocycles. The van der Waals surface area contributed by atoms with E-state index in [2.05, 4.69) is 31.2 Å². The van der Waals surface area contributed by atoms with Crippen molar-refractivity contribution in [1.29, 1.82) is 0 Å². The fourth-order valence-electron chi connectivity index (χ4n) is 3.64. The molecular weight excluding hydrogens is 264 g/mol. The largest absolute Gasteiger partial charge is 0.385 e. The number of aliphatic hydroxyl groups is 1. The lowest BCUT2D eigenvalue weighted by Gasteiger charge is -2.29. The summed E-state index contributed by atoms with van der Waals surface area (Å²) < 4.78 is 11.6. The fraction of sp³-hybridized carbons (Fsp3) is 0.667. The molecule has 2 aliphatic rings. The van der Waals surface area contributed by atoms with Gasteiger partial charge in [-0.2, -0.15) is 0 Å². The molecule has 1 atom stereocenters. The van der Waals surface area contributed by atoms with Gasteiger partial charge in [0.2, 0.25) is 0 Å². The zero-order valence-corrected chi connectivity index (χ0v) is 12.9. The minimum Gasteiger partial charge on any atom is -0.385 e. The van der Waals surface area contributed by atoms with Gasteiger partial charge in [-0.05, 0) is 36.8 Å². The Bertz CT molecular complexity index is 462. The normalized spacial score (nSPS) is 28.7. The Morgan fingerprint density at radius 3 is 2.38 bits per heavy atom. The van der Waals surface area contributed by atoms with Crippen molar-refractivity contribution in [2.24, 2.45) is 0 Å².